The number of alkyl halides is 3. The second-order valence-electron chi connectivity index (χ2n) is 3.70. The number of benzene rings is 1. The topological polar surface area (TPSA) is 18.8 Å². The van der Waals surface area contributed by atoms with Crippen LogP contribution in [0.3, 0.4) is 0 Å². The van der Waals surface area contributed by atoms with Gasteiger partial charge in [-0.25, -0.2) is 0 Å². The van der Waals surface area contributed by atoms with Crippen LogP contribution in [0.25, 0.3) is 0 Å². The molecule has 6 heteroatoms. The molecule has 0 radical (unpaired) electrons. The molecule has 1 aromatic carbocycles. The van der Waals surface area contributed by atoms with E-state index in [0.717, 1.165) is 5.01 Å². The fraction of sp³-hybridized carbons (Fsp3) is 0.364. The Kier molecular flexibility index (Phi) is 3.33. The van der Waals surface area contributed by atoms with Crippen LogP contribution in [0.15, 0.2) is 35.3 Å². The van der Waals surface area contributed by atoms with E-state index in [-0.39, 0.29) is 13.1 Å². The van der Waals surface area contributed by atoms with Gasteiger partial charge in [-0.05, 0) is 5.56 Å². The van der Waals surface area contributed by atoms with E-state index in [0.29, 0.717) is 17.1 Å². The molecule has 0 aliphatic carbocycles. The maximum atomic E-state index is 12.9. The molecule has 0 atom stereocenters. The van der Waals surface area contributed by atoms with Gasteiger partial charge in [-0.15, -0.1) is 5.01 Å². The van der Waals surface area contributed by atoms with Crippen LogP contribution in [0.4, 0.5) is 13.2 Å². The molecule has 0 amide bonds. The molecule has 1 heterocycles. The SMILES string of the molecule is FC(F)(F)N(Cc1ccccc1)N1C=NCC1. The summed E-state index contributed by atoms with van der Waals surface area (Å²) in [7, 11) is 0. The smallest absolute Gasteiger partial charge is 0.286 e. The lowest BCUT2D eigenvalue weighted by atomic mass is 10.2. The van der Waals surface area contributed by atoms with Gasteiger partial charge in [-0.1, -0.05) is 30.3 Å². The highest BCUT2D eigenvalue weighted by atomic mass is 19.4. The minimum atomic E-state index is -4.40. The zero-order valence-electron chi connectivity index (χ0n) is 9.06. The van der Waals surface area contributed by atoms with E-state index in [2.05, 4.69) is 4.99 Å². The molecule has 17 heavy (non-hydrogen) atoms. The van der Waals surface area contributed by atoms with E-state index in [1.54, 1.807) is 30.3 Å². The summed E-state index contributed by atoms with van der Waals surface area (Å²) in [5.74, 6) is 0. The van der Waals surface area contributed by atoms with Crippen molar-refractivity contribution in [3.05, 3.63) is 35.9 Å². The molecule has 2 rings (SSSR count). The first-order chi connectivity index (χ1) is 8.07. The van der Waals surface area contributed by atoms with E-state index in [4.69, 9.17) is 0 Å². The van der Waals surface area contributed by atoms with E-state index < -0.39 is 6.30 Å². The second-order valence-corrected chi connectivity index (χ2v) is 3.70. The van der Waals surface area contributed by atoms with Crippen molar-refractivity contribution in [2.75, 3.05) is 13.1 Å². The highest BCUT2D eigenvalue weighted by Gasteiger charge is 2.41. The fourth-order valence-corrected chi connectivity index (χ4v) is 1.64. The molecule has 1 aliphatic rings. The van der Waals surface area contributed by atoms with Crippen molar-refractivity contribution in [2.24, 2.45) is 4.99 Å². The van der Waals surface area contributed by atoms with Crippen molar-refractivity contribution >= 4 is 6.34 Å². The minimum absolute atomic E-state index is 0.198. The Hall–Kier alpha value is -1.56. The van der Waals surface area contributed by atoms with Crippen LogP contribution >= 0.6 is 0 Å². The molecule has 92 valence electrons. The van der Waals surface area contributed by atoms with Gasteiger partial charge in [0.15, 0.2) is 0 Å². The summed E-state index contributed by atoms with van der Waals surface area (Å²) in [5, 5.41) is 1.48. The van der Waals surface area contributed by atoms with Gasteiger partial charge in [0, 0.05) is 0 Å². The summed E-state index contributed by atoms with van der Waals surface area (Å²) in [6.07, 6.45) is -3.16. The van der Waals surface area contributed by atoms with E-state index in [1.807, 2.05) is 0 Å². The van der Waals surface area contributed by atoms with Crippen molar-refractivity contribution < 1.29 is 13.2 Å². The normalized spacial score (nSPS) is 15.9. The van der Waals surface area contributed by atoms with Crippen LogP contribution in [0, 0.1) is 0 Å². The zero-order chi connectivity index (χ0) is 12.3. The summed E-state index contributed by atoms with van der Waals surface area (Å²) in [5.41, 5.74) is 0.616. The highest BCUT2D eigenvalue weighted by molar-refractivity contribution is 5.56. The Balaban J connectivity index is 2.14. The van der Waals surface area contributed by atoms with Gasteiger partial charge in [0.25, 0.3) is 0 Å². The Morgan fingerprint density at radius 3 is 2.47 bits per heavy atom. The number of nitrogens with zero attached hydrogens (tertiary/aromatic N) is 3. The lowest BCUT2D eigenvalue weighted by Gasteiger charge is -2.32. The van der Waals surface area contributed by atoms with Crippen LogP contribution in [-0.4, -0.2) is 35.7 Å². The summed E-state index contributed by atoms with van der Waals surface area (Å²) < 4.78 is 38.6. The van der Waals surface area contributed by atoms with Crippen molar-refractivity contribution in [1.82, 2.24) is 10.0 Å². The van der Waals surface area contributed by atoms with Crippen LogP contribution in [0.1, 0.15) is 5.56 Å². The third-order valence-electron chi connectivity index (χ3n) is 2.45. The van der Waals surface area contributed by atoms with Gasteiger partial charge in [-0.2, -0.15) is 13.2 Å². The number of hydrogen-bond acceptors (Lipinski definition) is 3. The summed E-state index contributed by atoms with van der Waals surface area (Å²) in [6.45, 7) is 0.476. The van der Waals surface area contributed by atoms with E-state index in [9.17, 15) is 13.2 Å². The Labute approximate surface area is 97.1 Å². The van der Waals surface area contributed by atoms with Crippen LogP contribution in [0.5, 0.6) is 0 Å². The molecule has 3 nitrogen and oxygen atoms in total. The molecule has 0 aromatic heterocycles. The first kappa shape index (κ1) is 11.9. The van der Waals surface area contributed by atoms with Gasteiger partial charge >= 0.3 is 6.30 Å². The van der Waals surface area contributed by atoms with Crippen molar-refractivity contribution in [3.63, 3.8) is 0 Å². The lowest BCUT2D eigenvalue weighted by molar-refractivity contribution is -0.299. The number of rotatable bonds is 3. The molecular formula is C11H12F3N3. The Bertz CT molecular complexity index is 389. The first-order valence-corrected chi connectivity index (χ1v) is 5.22. The number of aliphatic imine (C=N–C) groups is 1. The molecule has 0 N–H and O–H groups in total. The van der Waals surface area contributed by atoms with Gasteiger partial charge in [0.1, 0.15) is 0 Å². The number of halogens is 3. The average molecular weight is 243 g/mol. The zero-order valence-corrected chi connectivity index (χ0v) is 9.06. The molecule has 0 fully saturated rings. The molecular weight excluding hydrogens is 231 g/mol. The van der Waals surface area contributed by atoms with Crippen molar-refractivity contribution in [3.8, 4) is 0 Å². The van der Waals surface area contributed by atoms with Gasteiger partial charge in [-0.3, -0.25) is 10.0 Å². The average Bonchev–Trinajstić information content (AvgIpc) is 2.79. The molecule has 1 aromatic rings. The number of hydrazine groups is 1. The third-order valence-corrected chi connectivity index (χ3v) is 2.45. The van der Waals surface area contributed by atoms with Gasteiger partial charge in [0.05, 0.1) is 26.0 Å². The predicted molar refractivity (Wildman–Crippen MR) is 58.1 cm³/mol. The van der Waals surface area contributed by atoms with Crippen LogP contribution in [0.2, 0.25) is 0 Å². The molecule has 0 bridgehead atoms. The van der Waals surface area contributed by atoms with E-state index >= 15 is 0 Å². The fourth-order valence-electron chi connectivity index (χ4n) is 1.64. The van der Waals surface area contributed by atoms with Gasteiger partial charge < -0.3 is 0 Å². The van der Waals surface area contributed by atoms with Gasteiger partial charge in [0.2, 0.25) is 0 Å². The number of hydrogen-bond donors (Lipinski definition) is 0. The Morgan fingerprint density at radius 1 is 1.24 bits per heavy atom. The third kappa shape index (κ3) is 2.97. The van der Waals surface area contributed by atoms with Crippen LogP contribution < -0.4 is 0 Å². The van der Waals surface area contributed by atoms with Crippen molar-refractivity contribution in [1.29, 1.82) is 0 Å². The standard InChI is InChI=1S/C11H12F3N3/c12-11(13,14)17(16-7-6-15-9-16)8-10-4-2-1-3-5-10/h1-5,9H,6-8H2. The molecule has 1 aliphatic heterocycles. The van der Waals surface area contributed by atoms with E-state index in [1.165, 1.54) is 6.34 Å². The highest BCUT2D eigenvalue weighted by Crippen LogP contribution is 2.25. The molecule has 0 saturated carbocycles. The minimum Gasteiger partial charge on any atom is -0.286 e. The quantitative estimate of drug-likeness (QED) is 0.758. The maximum absolute atomic E-state index is 12.9. The predicted octanol–water partition coefficient (Wildman–Crippen LogP) is 2.27. The first-order valence-electron chi connectivity index (χ1n) is 5.22. The monoisotopic (exact) mass is 243 g/mol. The second kappa shape index (κ2) is 4.75. The summed E-state index contributed by atoms with van der Waals surface area (Å²) in [6, 6.07) is 8.57. The van der Waals surface area contributed by atoms with Crippen LogP contribution in [-0.2, 0) is 6.54 Å². The summed E-state index contributed by atoms with van der Waals surface area (Å²) >= 11 is 0. The molecule has 0 unspecified atom stereocenters. The largest absolute Gasteiger partial charge is 0.477 e. The lowest BCUT2D eigenvalue weighted by Crippen LogP contribution is -2.49. The van der Waals surface area contributed by atoms with Crippen molar-refractivity contribution in [2.45, 2.75) is 12.8 Å². The maximum Gasteiger partial charge on any atom is 0.477 e. The molecule has 0 saturated heterocycles. The molecule has 0 spiro atoms. The summed E-state index contributed by atoms with van der Waals surface area (Å²) in [4.78, 5) is 3.80. The Morgan fingerprint density at radius 2 is 1.94 bits per heavy atom.